The van der Waals surface area contributed by atoms with Crippen LogP contribution in [0.15, 0.2) is 48.5 Å². The van der Waals surface area contributed by atoms with Gasteiger partial charge < -0.3 is 39.1 Å². The van der Waals surface area contributed by atoms with Crippen molar-refractivity contribution < 1.29 is 38.1 Å². The van der Waals surface area contributed by atoms with Gasteiger partial charge in [-0.2, -0.15) is 0 Å². The second-order valence-electron chi connectivity index (χ2n) is 9.97. The van der Waals surface area contributed by atoms with E-state index < -0.39 is 22.8 Å². The number of anilines is 1. The molecule has 0 spiro atoms. The highest BCUT2D eigenvalue weighted by atomic mass is 32.1. The number of nitro benzene ring substituents is 1. The van der Waals surface area contributed by atoms with Crippen LogP contribution >= 0.6 is 12.2 Å². The Hall–Kier alpha value is -4.78. The molecule has 1 fully saturated rings. The van der Waals surface area contributed by atoms with Gasteiger partial charge in [-0.1, -0.05) is 0 Å². The van der Waals surface area contributed by atoms with Crippen LogP contribution in [0.3, 0.4) is 0 Å². The van der Waals surface area contributed by atoms with E-state index in [2.05, 4.69) is 10.6 Å². The molecule has 42 heavy (non-hydrogen) atoms. The number of hydrogen-bond acceptors (Lipinski definition) is 10. The molecule has 0 bridgehead atoms. The molecule has 2 aliphatic heterocycles. The van der Waals surface area contributed by atoms with Crippen molar-refractivity contribution in [2.24, 2.45) is 11.8 Å². The van der Waals surface area contributed by atoms with Gasteiger partial charge in [0.1, 0.15) is 0 Å². The zero-order valence-corrected chi connectivity index (χ0v) is 23.7. The molecule has 1 aliphatic carbocycles. The normalized spacial score (nSPS) is 21.5. The second kappa shape index (κ2) is 10.9. The third kappa shape index (κ3) is 4.65. The maximum atomic E-state index is 13.4. The SMILES string of the molecule is COc1cc([C@@H]2c3cc4c(cc3[C@@H](NC(=S)Nc3ccc([N+](=O)[O-])cc3)[C@H]3COC(=O)[C@H]23)OCO4)cc(OC)c1OC. The number of esters is 1. The largest absolute Gasteiger partial charge is 0.493 e. The maximum absolute atomic E-state index is 13.4. The summed E-state index contributed by atoms with van der Waals surface area (Å²) in [5.41, 5.74) is 3.03. The molecule has 218 valence electrons. The summed E-state index contributed by atoms with van der Waals surface area (Å²) in [5.74, 6) is 0.894. The highest BCUT2D eigenvalue weighted by Gasteiger charge is 2.53. The molecule has 0 unspecified atom stereocenters. The van der Waals surface area contributed by atoms with Gasteiger partial charge in [-0.25, -0.2) is 0 Å². The Morgan fingerprint density at radius 1 is 0.952 bits per heavy atom. The number of nitrogens with zero attached hydrogens (tertiary/aromatic N) is 1. The van der Waals surface area contributed by atoms with Crippen molar-refractivity contribution in [1.82, 2.24) is 5.32 Å². The van der Waals surface area contributed by atoms with Gasteiger partial charge in [-0.15, -0.1) is 0 Å². The Bertz CT molecular complexity index is 1550. The van der Waals surface area contributed by atoms with Crippen LogP contribution in [0.1, 0.15) is 28.7 Å². The lowest BCUT2D eigenvalue weighted by molar-refractivity contribution is -0.384. The smallest absolute Gasteiger partial charge is 0.310 e. The van der Waals surface area contributed by atoms with Crippen molar-refractivity contribution in [3.63, 3.8) is 0 Å². The van der Waals surface area contributed by atoms with E-state index >= 15 is 0 Å². The molecule has 3 aromatic carbocycles. The summed E-state index contributed by atoms with van der Waals surface area (Å²) in [6.45, 7) is 0.260. The van der Waals surface area contributed by atoms with Crippen LogP contribution < -0.4 is 34.3 Å². The Labute approximate surface area is 245 Å². The van der Waals surface area contributed by atoms with Crippen LogP contribution in [0.5, 0.6) is 28.7 Å². The van der Waals surface area contributed by atoms with E-state index in [1.54, 1.807) is 26.4 Å². The first kappa shape index (κ1) is 27.4. The highest BCUT2D eigenvalue weighted by Crippen LogP contribution is 2.55. The predicted octanol–water partition coefficient (Wildman–Crippen LogP) is 4.31. The molecule has 1 saturated heterocycles. The van der Waals surface area contributed by atoms with Crippen molar-refractivity contribution in [3.8, 4) is 28.7 Å². The van der Waals surface area contributed by atoms with Gasteiger partial charge in [-0.05, 0) is 65.3 Å². The molecule has 4 atom stereocenters. The zero-order chi connectivity index (χ0) is 29.5. The molecule has 13 heteroatoms. The van der Waals surface area contributed by atoms with E-state index in [-0.39, 0.29) is 36.1 Å². The van der Waals surface area contributed by atoms with E-state index in [0.717, 1.165) is 16.7 Å². The van der Waals surface area contributed by atoms with Gasteiger partial charge in [0.05, 0.1) is 44.8 Å². The molecule has 0 saturated carbocycles. The van der Waals surface area contributed by atoms with Gasteiger partial charge in [0.15, 0.2) is 28.1 Å². The summed E-state index contributed by atoms with van der Waals surface area (Å²) in [6, 6.07) is 13.0. The molecular weight excluding hydrogens is 566 g/mol. The zero-order valence-electron chi connectivity index (χ0n) is 22.9. The number of non-ortho nitro benzene ring substituents is 1. The number of fused-ring (bicyclic) bond motifs is 3. The average Bonchev–Trinajstić information content (AvgIpc) is 3.61. The lowest BCUT2D eigenvalue weighted by Crippen LogP contribution is -2.44. The monoisotopic (exact) mass is 593 g/mol. The Morgan fingerprint density at radius 3 is 2.19 bits per heavy atom. The minimum atomic E-state index is -0.569. The average molecular weight is 594 g/mol. The number of rotatable bonds is 7. The van der Waals surface area contributed by atoms with Gasteiger partial charge in [0.2, 0.25) is 12.5 Å². The quantitative estimate of drug-likeness (QED) is 0.175. The van der Waals surface area contributed by atoms with Crippen LogP contribution in [0.4, 0.5) is 11.4 Å². The third-order valence-corrected chi connectivity index (χ3v) is 8.08. The number of nitro groups is 1. The second-order valence-corrected chi connectivity index (χ2v) is 10.4. The Morgan fingerprint density at radius 2 is 1.60 bits per heavy atom. The number of ether oxygens (including phenoxy) is 6. The molecule has 0 radical (unpaired) electrons. The van der Waals surface area contributed by atoms with Crippen LogP contribution in [0.2, 0.25) is 0 Å². The Balaban J connectivity index is 1.42. The summed E-state index contributed by atoms with van der Waals surface area (Å²) >= 11 is 5.65. The fourth-order valence-corrected chi connectivity index (χ4v) is 6.25. The lowest BCUT2D eigenvalue weighted by Gasteiger charge is -2.40. The molecule has 2 heterocycles. The minimum Gasteiger partial charge on any atom is -0.493 e. The number of methoxy groups -OCH3 is 3. The molecule has 3 aliphatic rings. The number of carbonyl (C=O) groups is 1. The summed E-state index contributed by atoms with van der Waals surface area (Å²) in [4.78, 5) is 23.9. The summed E-state index contributed by atoms with van der Waals surface area (Å²) in [6.07, 6.45) is 0. The van der Waals surface area contributed by atoms with Crippen molar-refractivity contribution >= 4 is 34.7 Å². The fourth-order valence-electron chi connectivity index (χ4n) is 6.00. The first-order chi connectivity index (χ1) is 20.3. The third-order valence-electron chi connectivity index (χ3n) is 7.86. The number of hydrogen-bond donors (Lipinski definition) is 2. The molecule has 12 nitrogen and oxygen atoms in total. The van der Waals surface area contributed by atoms with Gasteiger partial charge in [-0.3, -0.25) is 14.9 Å². The fraction of sp³-hybridized carbons (Fsp3) is 0.310. The first-order valence-corrected chi connectivity index (χ1v) is 13.5. The number of carbonyl (C=O) groups excluding carboxylic acids is 1. The predicted molar refractivity (Wildman–Crippen MR) is 154 cm³/mol. The molecule has 3 aromatic rings. The van der Waals surface area contributed by atoms with Crippen molar-refractivity contribution in [3.05, 3.63) is 75.3 Å². The van der Waals surface area contributed by atoms with E-state index in [1.165, 1.54) is 19.2 Å². The van der Waals surface area contributed by atoms with E-state index in [0.29, 0.717) is 34.4 Å². The Kier molecular flexibility index (Phi) is 7.11. The van der Waals surface area contributed by atoms with Crippen LogP contribution in [0, 0.1) is 22.0 Å². The molecule has 0 aromatic heterocycles. The lowest BCUT2D eigenvalue weighted by atomic mass is 9.65. The molecule has 2 N–H and O–H groups in total. The van der Waals surface area contributed by atoms with E-state index in [1.807, 2.05) is 24.3 Å². The van der Waals surface area contributed by atoms with E-state index in [9.17, 15) is 14.9 Å². The first-order valence-electron chi connectivity index (χ1n) is 13.0. The van der Waals surface area contributed by atoms with Crippen molar-refractivity contribution in [2.45, 2.75) is 12.0 Å². The van der Waals surface area contributed by atoms with Gasteiger partial charge in [0.25, 0.3) is 5.69 Å². The maximum Gasteiger partial charge on any atom is 0.310 e. The topological polar surface area (TPSA) is 140 Å². The standard InChI is InChI=1S/C29H27N3O9S/c1-36-22-8-14(9-23(37-2)27(22)38-3)24-17-10-20-21(41-13-40-20)11-18(17)26(19-12-39-28(33)25(19)24)31-29(42)30-15-4-6-16(7-5-15)32(34)35/h4-11,19,24-26H,12-13H2,1-3H3,(H2,30,31,42)/t19-,24+,25-,26+/m0/s1. The number of cyclic esters (lactones) is 1. The number of nitrogens with one attached hydrogen (secondary N) is 2. The summed E-state index contributed by atoms with van der Waals surface area (Å²) in [7, 11) is 4.61. The van der Waals surface area contributed by atoms with Crippen molar-refractivity contribution in [2.75, 3.05) is 40.0 Å². The summed E-state index contributed by atoms with van der Waals surface area (Å²) < 4.78 is 33.8. The van der Waals surface area contributed by atoms with Crippen LogP contribution in [0.25, 0.3) is 0 Å². The molecule has 0 amide bonds. The molecular formula is C29H27N3O9S. The van der Waals surface area contributed by atoms with Crippen molar-refractivity contribution in [1.29, 1.82) is 0 Å². The van der Waals surface area contributed by atoms with Gasteiger partial charge >= 0.3 is 5.97 Å². The number of thiocarbonyl (C=S) groups is 1. The minimum absolute atomic E-state index is 0.0287. The highest BCUT2D eigenvalue weighted by molar-refractivity contribution is 7.80. The molecule has 6 rings (SSSR count). The van der Waals surface area contributed by atoms with Gasteiger partial charge in [0, 0.05) is 29.7 Å². The summed E-state index contributed by atoms with van der Waals surface area (Å²) in [5, 5.41) is 17.8. The van der Waals surface area contributed by atoms with E-state index in [4.69, 9.17) is 40.6 Å². The van der Waals surface area contributed by atoms with Crippen LogP contribution in [-0.4, -0.2) is 50.7 Å². The number of benzene rings is 3. The van der Waals surface area contributed by atoms with Crippen LogP contribution in [-0.2, 0) is 9.53 Å².